The number of nitrogens with one attached hydrogen (secondary N) is 2. The van der Waals surface area contributed by atoms with Gasteiger partial charge in [-0.05, 0) is 37.2 Å². The van der Waals surface area contributed by atoms with Crippen LogP contribution in [-0.2, 0) is 0 Å². The molecule has 0 aromatic carbocycles. The number of hydrogen-bond donors (Lipinski definition) is 4. The van der Waals surface area contributed by atoms with Crippen LogP contribution in [0.5, 0.6) is 0 Å². The molecule has 0 atom stereocenters. The van der Waals surface area contributed by atoms with Crippen molar-refractivity contribution in [2.24, 2.45) is 0 Å². The van der Waals surface area contributed by atoms with E-state index < -0.39 is 0 Å². The average Bonchev–Trinajstić information content (AvgIpc) is 2.28. The summed E-state index contributed by atoms with van der Waals surface area (Å²) in [6, 6.07) is -0.0447. The Hall–Kier alpha value is -0.0300. The zero-order valence-electron chi connectivity index (χ0n) is 9.87. The van der Waals surface area contributed by atoms with Gasteiger partial charge in [-0.25, -0.2) is 4.79 Å². The number of carbonyl (C=O) groups excluding carboxylic acids is 1. The van der Waals surface area contributed by atoms with Crippen LogP contribution in [0, 0.1) is 0 Å². The molecule has 16 heavy (non-hydrogen) atoms. The van der Waals surface area contributed by atoms with E-state index in [9.17, 15) is 4.79 Å². The summed E-state index contributed by atoms with van der Waals surface area (Å²) in [6.07, 6.45) is 6.57. The van der Waals surface area contributed by atoms with Gasteiger partial charge in [0, 0.05) is 13.1 Å². The highest BCUT2D eigenvalue weighted by Gasteiger charge is 1.97. The summed E-state index contributed by atoms with van der Waals surface area (Å²) in [6.45, 7) is 1.52. The fourth-order valence-electron chi connectivity index (χ4n) is 1.29. The van der Waals surface area contributed by atoms with Crippen molar-refractivity contribution >= 4 is 31.3 Å². The van der Waals surface area contributed by atoms with E-state index in [1.165, 1.54) is 0 Å². The van der Waals surface area contributed by atoms with Gasteiger partial charge in [0.1, 0.15) is 0 Å². The number of hydrogen-bond acceptors (Lipinski definition) is 3. The van der Waals surface area contributed by atoms with Crippen LogP contribution in [-0.4, -0.2) is 30.6 Å². The molecule has 2 amide bonds. The van der Waals surface area contributed by atoms with Gasteiger partial charge >= 0.3 is 6.03 Å². The third kappa shape index (κ3) is 12.0. The molecular weight excluding hydrogens is 240 g/mol. The number of urea groups is 1. The van der Waals surface area contributed by atoms with E-state index in [0.29, 0.717) is 0 Å². The second-order valence-corrected chi connectivity index (χ2v) is 4.65. The van der Waals surface area contributed by atoms with E-state index in [4.69, 9.17) is 0 Å². The summed E-state index contributed by atoms with van der Waals surface area (Å²) in [7, 11) is 0. The second-order valence-electron chi connectivity index (χ2n) is 3.75. The SMILES string of the molecule is O=C(NCCCCCS)NCCCCCS. The van der Waals surface area contributed by atoms with Gasteiger partial charge in [-0.1, -0.05) is 12.8 Å². The highest BCUT2D eigenvalue weighted by atomic mass is 32.1. The molecule has 0 aliphatic heterocycles. The Kier molecular flexibility index (Phi) is 13.0. The third-order valence-corrected chi connectivity index (χ3v) is 2.87. The van der Waals surface area contributed by atoms with Crippen LogP contribution in [0.4, 0.5) is 4.79 Å². The van der Waals surface area contributed by atoms with E-state index in [1.807, 2.05) is 0 Å². The molecule has 0 rings (SSSR count). The van der Waals surface area contributed by atoms with Crippen LogP contribution < -0.4 is 10.6 Å². The smallest absolute Gasteiger partial charge is 0.314 e. The molecule has 0 bridgehead atoms. The third-order valence-electron chi connectivity index (χ3n) is 2.24. The predicted molar refractivity (Wildman–Crippen MR) is 76.8 cm³/mol. The Morgan fingerprint density at radius 3 is 1.56 bits per heavy atom. The standard InChI is InChI=1S/C11H24N2OS2/c14-11(12-7-3-1-5-9-15)13-8-4-2-6-10-16/h15-16H,1-10H2,(H2,12,13,14). The van der Waals surface area contributed by atoms with Crippen LogP contribution in [0.3, 0.4) is 0 Å². The average molecular weight is 264 g/mol. The molecule has 0 saturated heterocycles. The van der Waals surface area contributed by atoms with Crippen molar-refractivity contribution < 1.29 is 4.79 Å². The highest BCUT2D eigenvalue weighted by molar-refractivity contribution is 7.80. The molecule has 0 radical (unpaired) electrons. The van der Waals surface area contributed by atoms with Crippen molar-refractivity contribution in [3.05, 3.63) is 0 Å². The van der Waals surface area contributed by atoms with Crippen molar-refractivity contribution in [1.82, 2.24) is 10.6 Å². The first kappa shape index (κ1) is 16.0. The normalized spacial score (nSPS) is 10.1. The molecule has 0 aromatic rings. The lowest BCUT2D eigenvalue weighted by Gasteiger charge is -2.06. The maximum absolute atomic E-state index is 11.3. The van der Waals surface area contributed by atoms with Crippen LogP contribution in [0.25, 0.3) is 0 Å². The molecule has 0 fully saturated rings. The first-order chi connectivity index (χ1) is 7.81. The van der Waals surface area contributed by atoms with Crippen LogP contribution in [0.1, 0.15) is 38.5 Å². The fourth-order valence-corrected chi connectivity index (χ4v) is 1.74. The molecule has 3 nitrogen and oxygen atoms in total. The Bertz CT molecular complexity index is 152. The lowest BCUT2D eigenvalue weighted by atomic mass is 10.2. The van der Waals surface area contributed by atoms with Crippen LogP contribution in [0.15, 0.2) is 0 Å². The molecule has 0 aromatic heterocycles. The maximum Gasteiger partial charge on any atom is 0.314 e. The number of thiol groups is 2. The highest BCUT2D eigenvalue weighted by Crippen LogP contribution is 1.96. The molecular formula is C11H24N2OS2. The van der Waals surface area contributed by atoms with Gasteiger partial charge in [-0.2, -0.15) is 25.3 Å². The summed E-state index contributed by atoms with van der Waals surface area (Å²) in [5.41, 5.74) is 0. The minimum Gasteiger partial charge on any atom is -0.338 e. The van der Waals surface area contributed by atoms with Gasteiger partial charge in [0.05, 0.1) is 0 Å². The van der Waals surface area contributed by atoms with E-state index >= 15 is 0 Å². The Morgan fingerprint density at radius 2 is 1.19 bits per heavy atom. The van der Waals surface area contributed by atoms with Gasteiger partial charge < -0.3 is 10.6 Å². The summed E-state index contributed by atoms with van der Waals surface area (Å²) in [4.78, 5) is 11.3. The van der Waals surface area contributed by atoms with E-state index in [1.54, 1.807) is 0 Å². The molecule has 0 heterocycles. The van der Waals surface area contributed by atoms with Crippen LogP contribution in [0.2, 0.25) is 0 Å². The van der Waals surface area contributed by atoms with Crippen LogP contribution >= 0.6 is 25.3 Å². The molecule has 0 spiro atoms. The minimum absolute atomic E-state index is 0.0447. The number of unbranched alkanes of at least 4 members (excludes halogenated alkanes) is 4. The van der Waals surface area contributed by atoms with Crippen molar-refractivity contribution in [2.75, 3.05) is 24.6 Å². The molecule has 2 N–H and O–H groups in total. The predicted octanol–water partition coefficient (Wildman–Crippen LogP) is 2.49. The zero-order chi connectivity index (χ0) is 12.1. The monoisotopic (exact) mass is 264 g/mol. The van der Waals surface area contributed by atoms with Gasteiger partial charge in [0.25, 0.3) is 0 Å². The lowest BCUT2D eigenvalue weighted by Crippen LogP contribution is -2.36. The second kappa shape index (κ2) is 13.0. The number of rotatable bonds is 10. The zero-order valence-corrected chi connectivity index (χ0v) is 11.7. The molecule has 0 saturated carbocycles. The Balaban J connectivity index is 3.12. The van der Waals surface area contributed by atoms with E-state index in [0.717, 1.165) is 63.1 Å². The fraction of sp³-hybridized carbons (Fsp3) is 0.909. The van der Waals surface area contributed by atoms with Crippen molar-refractivity contribution in [2.45, 2.75) is 38.5 Å². The summed E-state index contributed by atoms with van der Waals surface area (Å²) < 4.78 is 0. The lowest BCUT2D eigenvalue weighted by molar-refractivity contribution is 0.240. The van der Waals surface area contributed by atoms with Gasteiger partial charge in [0.15, 0.2) is 0 Å². The first-order valence-corrected chi connectivity index (χ1v) is 7.31. The first-order valence-electron chi connectivity index (χ1n) is 6.04. The van der Waals surface area contributed by atoms with E-state index in [-0.39, 0.29) is 6.03 Å². The van der Waals surface area contributed by atoms with Gasteiger partial charge in [-0.3, -0.25) is 0 Å². The quantitative estimate of drug-likeness (QED) is 0.355. The molecule has 0 unspecified atom stereocenters. The minimum atomic E-state index is -0.0447. The molecule has 96 valence electrons. The summed E-state index contributed by atoms with van der Waals surface area (Å²) in [5.74, 6) is 1.86. The van der Waals surface area contributed by atoms with Crippen molar-refractivity contribution in [3.63, 3.8) is 0 Å². The van der Waals surface area contributed by atoms with Gasteiger partial charge in [0.2, 0.25) is 0 Å². The Labute approximate surface area is 110 Å². The Morgan fingerprint density at radius 1 is 0.750 bits per heavy atom. The largest absolute Gasteiger partial charge is 0.338 e. The summed E-state index contributed by atoms with van der Waals surface area (Å²) >= 11 is 8.26. The van der Waals surface area contributed by atoms with Gasteiger partial charge in [-0.15, -0.1) is 0 Å². The maximum atomic E-state index is 11.3. The van der Waals surface area contributed by atoms with Crippen molar-refractivity contribution in [1.29, 1.82) is 0 Å². The number of amides is 2. The van der Waals surface area contributed by atoms with E-state index in [2.05, 4.69) is 35.9 Å². The molecule has 0 aliphatic rings. The molecule has 0 aliphatic carbocycles. The summed E-state index contributed by atoms with van der Waals surface area (Å²) in [5, 5.41) is 5.68. The number of carbonyl (C=O) groups is 1. The van der Waals surface area contributed by atoms with Crippen molar-refractivity contribution in [3.8, 4) is 0 Å². The topological polar surface area (TPSA) is 41.1 Å². The molecule has 5 heteroatoms.